The molecular weight excluding hydrogens is 287 g/mol. The second-order valence-corrected chi connectivity index (χ2v) is 4.73. The normalized spacial score (nSPS) is 15.8. The minimum Gasteiger partial charge on any atom is -0.362 e. The summed E-state index contributed by atoms with van der Waals surface area (Å²) in [6.07, 6.45) is 1.31. The van der Waals surface area contributed by atoms with Crippen LogP contribution < -0.4 is 4.90 Å². The molecule has 0 aliphatic carbocycles. The standard InChI is InChI=1S/C12H10BrFN2O/c13-11-8(6-15)3-4-10(12(11)14)16-5-1-2-9(17)7-16/h3-4H,1-2,5,7H2. The molecular formula is C12H10BrFN2O. The molecule has 0 N–H and O–H groups in total. The summed E-state index contributed by atoms with van der Waals surface area (Å²) < 4.78 is 14.2. The number of nitriles is 1. The maximum Gasteiger partial charge on any atom is 0.161 e. The summed E-state index contributed by atoms with van der Waals surface area (Å²) in [5, 5.41) is 8.77. The lowest BCUT2D eigenvalue weighted by molar-refractivity contribution is -0.118. The quantitative estimate of drug-likeness (QED) is 0.800. The highest BCUT2D eigenvalue weighted by Crippen LogP contribution is 2.30. The van der Waals surface area contributed by atoms with Gasteiger partial charge in [0.1, 0.15) is 6.07 Å². The van der Waals surface area contributed by atoms with Gasteiger partial charge in [0.05, 0.1) is 22.3 Å². The number of hydrogen-bond donors (Lipinski definition) is 0. The van der Waals surface area contributed by atoms with E-state index in [9.17, 15) is 9.18 Å². The van der Waals surface area contributed by atoms with Gasteiger partial charge in [0.2, 0.25) is 0 Å². The number of ketones is 1. The molecule has 3 nitrogen and oxygen atoms in total. The SMILES string of the molecule is N#Cc1ccc(N2CCCC(=O)C2)c(F)c1Br. The highest BCUT2D eigenvalue weighted by atomic mass is 79.9. The van der Waals surface area contributed by atoms with Crippen molar-refractivity contribution in [2.45, 2.75) is 12.8 Å². The first-order valence-electron chi connectivity index (χ1n) is 5.28. The molecule has 0 saturated carbocycles. The average Bonchev–Trinajstić information content (AvgIpc) is 2.32. The Hall–Kier alpha value is -1.41. The smallest absolute Gasteiger partial charge is 0.161 e. The molecule has 17 heavy (non-hydrogen) atoms. The second kappa shape index (κ2) is 4.84. The summed E-state index contributed by atoms with van der Waals surface area (Å²) in [6.45, 7) is 0.913. The van der Waals surface area contributed by atoms with Crippen LogP contribution in [-0.2, 0) is 4.79 Å². The third kappa shape index (κ3) is 2.32. The fourth-order valence-corrected chi connectivity index (χ4v) is 2.34. The largest absolute Gasteiger partial charge is 0.362 e. The fourth-order valence-electron chi connectivity index (χ4n) is 1.91. The zero-order valence-electron chi connectivity index (χ0n) is 9.04. The van der Waals surface area contributed by atoms with Gasteiger partial charge in [0, 0.05) is 13.0 Å². The minimum absolute atomic E-state index is 0.121. The molecule has 1 heterocycles. The van der Waals surface area contributed by atoms with Crippen molar-refractivity contribution >= 4 is 27.4 Å². The third-order valence-electron chi connectivity index (χ3n) is 2.77. The molecule has 2 rings (SSSR count). The van der Waals surface area contributed by atoms with Crippen LogP contribution in [0.2, 0.25) is 0 Å². The predicted octanol–water partition coefficient (Wildman–Crippen LogP) is 2.63. The number of halogens is 2. The molecule has 1 aliphatic heterocycles. The molecule has 1 aliphatic rings. The monoisotopic (exact) mass is 296 g/mol. The summed E-state index contributed by atoms with van der Waals surface area (Å²) in [6, 6.07) is 5.01. The van der Waals surface area contributed by atoms with Gasteiger partial charge in [0.25, 0.3) is 0 Å². The van der Waals surface area contributed by atoms with E-state index in [4.69, 9.17) is 5.26 Å². The van der Waals surface area contributed by atoms with Crippen molar-refractivity contribution in [3.8, 4) is 6.07 Å². The van der Waals surface area contributed by atoms with Crippen LogP contribution in [0, 0.1) is 17.1 Å². The first-order valence-corrected chi connectivity index (χ1v) is 6.07. The molecule has 0 bridgehead atoms. The number of hydrogen-bond acceptors (Lipinski definition) is 3. The first kappa shape index (κ1) is 12.1. The first-order chi connectivity index (χ1) is 8.13. The van der Waals surface area contributed by atoms with Crippen LogP contribution in [0.25, 0.3) is 0 Å². The van der Waals surface area contributed by atoms with Gasteiger partial charge in [-0.05, 0) is 34.5 Å². The molecule has 0 atom stereocenters. The molecule has 88 valence electrons. The van der Waals surface area contributed by atoms with E-state index in [2.05, 4.69) is 15.9 Å². The summed E-state index contributed by atoms with van der Waals surface area (Å²) in [7, 11) is 0. The van der Waals surface area contributed by atoms with Crippen LogP contribution in [0.4, 0.5) is 10.1 Å². The van der Waals surface area contributed by atoms with Gasteiger partial charge in [-0.3, -0.25) is 4.79 Å². The fraction of sp³-hybridized carbons (Fsp3) is 0.333. The molecule has 0 unspecified atom stereocenters. The van der Waals surface area contributed by atoms with Crippen LogP contribution in [0.3, 0.4) is 0 Å². The Kier molecular flexibility index (Phi) is 3.43. The molecule has 1 aromatic rings. The van der Waals surface area contributed by atoms with E-state index in [1.807, 2.05) is 6.07 Å². The molecule has 0 aromatic heterocycles. The maximum atomic E-state index is 14.0. The summed E-state index contributed by atoms with van der Waals surface area (Å²) in [5.41, 5.74) is 0.638. The minimum atomic E-state index is -0.473. The van der Waals surface area contributed by atoms with E-state index in [0.29, 0.717) is 18.7 Å². The Morgan fingerprint density at radius 1 is 1.47 bits per heavy atom. The average molecular weight is 297 g/mol. The van der Waals surface area contributed by atoms with Crippen molar-refractivity contribution in [2.24, 2.45) is 0 Å². The third-order valence-corrected chi connectivity index (χ3v) is 3.55. The zero-order valence-corrected chi connectivity index (χ0v) is 10.6. The number of anilines is 1. The van der Waals surface area contributed by atoms with Gasteiger partial charge in [-0.2, -0.15) is 5.26 Å². The van der Waals surface area contributed by atoms with E-state index in [-0.39, 0.29) is 22.4 Å². The summed E-state index contributed by atoms with van der Waals surface area (Å²) in [4.78, 5) is 13.1. The van der Waals surface area contributed by atoms with E-state index in [1.165, 1.54) is 0 Å². The van der Waals surface area contributed by atoms with E-state index < -0.39 is 5.82 Å². The molecule has 1 fully saturated rings. The molecule has 0 spiro atoms. The van der Waals surface area contributed by atoms with Gasteiger partial charge in [-0.25, -0.2) is 4.39 Å². The number of carbonyl (C=O) groups is 1. The van der Waals surface area contributed by atoms with E-state index in [0.717, 1.165) is 6.42 Å². The Labute approximate surface area is 107 Å². The number of nitrogens with zero attached hydrogens (tertiary/aromatic N) is 2. The molecule has 0 amide bonds. The van der Waals surface area contributed by atoms with Gasteiger partial charge in [-0.15, -0.1) is 0 Å². The van der Waals surface area contributed by atoms with Crippen LogP contribution in [0.5, 0.6) is 0 Å². The van der Waals surface area contributed by atoms with E-state index in [1.54, 1.807) is 17.0 Å². The Morgan fingerprint density at radius 3 is 2.88 bits per heavy atom. The number of carbonyl (C=O) groups excluding carboxylic acids is 1. The van der Waals surface area contributed by atoms with Crippen LogP contribution in [0.1, 0.15) is 18.4 Å². The topological polar surface area (TPSA) is 44.1 Å². The van der Waals surface area contributed by atoms with Crippen LogP contribution in [-0.4, -0.2) is 18.9 Å². The molecule has 1 saturated heterocycles. The van der Waals surface area contributed by atoms with Gasteiger partial charge in [0.15, 0.2) is 11.6 Å². The van der Waals surface area contributed by atoms with Crippen molar-refractivity contribution in [3.05, 3.63) is 28.0 Å². The van der Waals surface area contributed by atoms with Crippen molar-refractivity contribution in [2.75, 3.05) is 18.0 Å². The van der Waals surface area contributed by atoms with Gasteiger partial charge < -0.3 is 4.90 Å². The van der Waals surface area contributed by atoms with Crippen molar-refractivity contribution < 1.29 is 9.18 Å². The molecule has 1 aromatic carbocycles. The van der Waals surface area contributed by atoms with Gasteiger partial charge >= 0.3 is 0 Å². The van der Waals surface area contributed by atoms with Crippen molar-refractivity contribution in [1.29, 1.82) is 5.26 Å². The lowest BCUT2D eigenvalue weighted by atomic mass is 10.1. The lowest BCUT2D eigenvalue weighted by Crippen LogP contribution is -2.36. The highest BCUT2D eigenvalue weighted by Gasteiger charge is 2.21. The van der Waals surface area contributed by atoms with Crippen molar-refractivity contribution in [1.82, 2.24) is 0 Å². The van der Waals surface area contributed by atoms with Crippen molar-refractivity contribution in [3.63, 3.8) is 0 Å². The Balaban J connectivity index is 2.36. The summed E-state index contributed by atoms with van der Waals surface area (Å²) >= 11 is 3.06. The zero-order chi connectivity index (χ0) is 12.4. The van der Waals surface area contributed by atoms with Gasteiger partial charge in [-0.1, -0.05) is 0 Å². The predicted molar refractivity (Wildman–Crippen MR) is 65.3 cm³/mol. The van der Waals surface area contributed by atoms with Crippen LogP contribution in [0.15, 0.2) is 16.6 Å². The maximum absolute atomic E-state index is 14.0. The second-order valence-electron chi connectivity index (χ2n) is 3.94. The molecule has 0 radical (unpaired) electrons. The Bertz CT molecular complexity index is 510. The Morgan fingerprint density at radius 2 is 2.24 bits per heavy atom. The number of rotatable bonds is 1. The number of piperidine rings is 1. The molecule has 5 heteroatoms. The van der Waals surface area contributed by atoms with E-state index >= 15 is 0 Å². The highest BCUT2D eigenvalue weighted by molar-refractivity contribution is 9.10. The number of Topliss-reactive ketones (excluding diaryl/α,β-unsaturated/α-hetero) is 1. The lowest BCUT2D eigenvalue weighted by Gasteiger charge is -2.28. The van der Waals surface area contributed by atoms with Crippen LogP contribution >= 0.6 is 15.9 Å². The summed E-state index contributed by atoms with van der Waals surface area (Å²) in [5.74, 6) is -0.352. The number of benzene rings is 1.